The molecule has 0 unspecified atom stereocenters. The molecule has 0 aliphatic heterocycles. The Hall–Kier alpha value is -2.80. The molecule has 0 fully saturated rings. The van der Waals surface area contributed by atoms with Gasteiger partial charge in [0, 0.05) is 6.07 Å². The monoisotopic (exact) mass is 280 g/mol. The molecule has 0 aliphatic carbocycles. The van der Waals surface area contributed by atoms with E-state index in [0.717, 1.165) is 11.1 Å². The van der Waals surface area contributed by atoms with E-state index < -0.39 is 0 Å². The molecule has 2 rings (SSSR count). The van der Waals surface area contributed by atoms with Crippen molar-refractivity contribution >= 4 is 11.6 Å². The van der Waals surface area contributed by atoms with E-state index in [1.54, 1.807) is 18.2 Å². The smallest absolute Gasteiger partial charge is 0.228 e. The van der Waals surface area contributed by atoms with Crippen molar-refractivity contribution in [2.24, 2.45) is 0 Å². The molecule has 0 spiro atoms. The molecule has 2 aromatic carbocycles. The average Bonchev–Trinajstić information content (AvgIpc) is 2.50. The highest BCUT2D eigenvalue weighted by atomic mass is 16.5. The van der Waals surface area contributed by atoms with E-state index in [4.69, 9.17) is 10.00 Å². The maximum Gasteiger partial charge on any atom is 0.228 e. The standard InChI is InChI=1S/C17H16N2O2/c1-12-5-3-4-6-14(12)10-17(20)19-15-8-7-13(11-18)9-16(15)21-2/h3-9H,10H2,1-2H3,(H,19,20). The fourth-order valence-corrected chi connectivity index (χ4v) is 2.04. The van der Waals surface area contributed by atoms with Gasteiger partial charge in [0.25, 0.3) is 0 Å². The van der Waals surface area contributed by atoms with E-state index in [1.807, 2.05) is 37.3 Å². The second kappa shape index (κ2) is 6.58. The van der Waals surface area contributed by atoms with Crippen LogP contribution in [0.4, 0.5) is 5.69 Å². The summed E-state index contributed by atoms with van der Waals surface area (Å²) in [7, 11) is 1.51. The third kappa shape index (κ3) is 3.61. The van der Waals surface area contributed by atoms with Crippen LogP contribution in [0.2, 0.25) is 0 Å². The number of methoxy groups -OCH3 is 1. The Labute approximate surface area is 124 Å². The van der Waals surface area contributed by atoms with Crippen LogP contribution in [-0.2, 0) is 11.2 Å². The Morgan fingerprint density at radius 2 is 2.05 bits per heavy atom. The van der Waals surface area contributed by atoms with Gasteiger partial charge in [-0.05, 0) is 30.2 Å². The van der Waals surface area contributed by atoms with E-state index in [1.165, 1.54) is 7.11 Å². The number of nitriles is 1. The normalized spacial score (nSPS) is 9.76. The summed E-state index contributed by atoms with van der Waals surface area (Å²) in [6.07, 6.45) is 0.301. The van der Waals surface area contributed by atoms with E-state index in [-0.39, 0.29) is 5.91 Å². The average molecular weight is 280 g/mol. The van der Waals surface area contributed by atoms with Gasteiger partial charge in [0.15, 0.2) is 0 Å². The molecule has 0 aromatic heterocycles. The molecule has 0 radical (unpaired) electrons. The molecule has 0 atom stereocenters. The van der Waals surface area contributed by atoms with E-state index in [9.17, 15) is 4.79 Å². The van der Waals surface area contributed by atoms with Gasteiger partial charge < -0.3 is 10.1 Å². The lowest BCUT2D eigenvalue weighted by atomic mass is 10.1. The van der Waals surface area contributed by atoms with Gasteiger partial charge in [-0.15, -0.1) is 0 Å². The quantitative estimate of drug-likeness (QED) is 0.936. The third-order valence-corrected chi connectivity index (χ3v) is 3.22. The van der Waals surface area contributed by atoms with Crippen LogP contribution in [-0.4, -0.2) is 13.0 Å². The number of aryl methyl sites for hydroxylation is 1. The van der Waals surface area contributed by atoms with Crippen molar-refractivity contribution in [2.45, 2.75) is 13.3 Å². The van der Waals surface area contributed by atoms with Gasteiger partial charge in [0.2, 0.25) is 5.91 Å². The number of carbonyl (C=O) groups excluding carboxylic acids is 1. The number of ether oxygens (including phenoxy) is 1. The van der Waals surface area contributed by atoms with Gasteiger partial charge in [-0.1, -0.05) is 24.3 Å². The maximum absolute atomic E-state index is 12.1. The van der Waals surface area contributed by atoms with Crippen LogP contribution in [0.1, 0.15) is 16.7 Å². The zero-order valence-electron chi connectivity index (χ0n) is 12.0. The number of hydrogen-bond donors (Lipinski definition) is 1. The summed E-state index contributed by atoms with van der Waals surface area (Å²) in [5.41, 5.74) is 3.13. The summed E-state index contributed by atoms with van der Waals surface area (Å²) in [6.45, 7) is 1.98. The molecule has 21 heavy (non-hydrogen) atoms. The Morgan fingerprint density at radius 1 is 1.29 bits per heavy atom. The van der Waals surface area contributed by atoms with Crippen LogP contribution in [0.15, 0.2) is 42.5 Å². The molecule has 0 bridgehead atoms. The SMILES string of the molecule is COc1cc(C#N)ccc1NC(=O)Cc1ccccc1C. The summed E-state index contributed by atoms with van der Waals surface area (Å²) in [5, 5.41) is 11.7. The highest BCUT2D eigenvalue weighted by Gasteiger charge is 2.10. The molecule has 1 amide bonds. The topological polar surface area (TPSA) is 62.1 Å². The Bertz CT molecular complexity index is 702. The largest absolute Gasteiger partial charge is 0.495 e. The minimum atomic E-state index is -0.118. The van der Waals surface area contributed by atoms with Crippen molar-refractivity contribution in [3.05, 3.63) is 59.2 Å². The molecule has 1 N–H and O–H groups in total. The first kappa shape index (κ1) is 14.6. The van der Waals surface area contributed by atoms with Crippen molar-refractivity contribution in [3.63, 3.8) is 0 Å². The molecular formula is C17H16N2O2. The van der Waals surface area contributed by atoms with E-state index in [0.29, 0.717) is 23.4 Å². The minimum absolute atomic E-state index is 0.118. The summed E-state index contributed by atoms with van der Waals surface area (Å²) in [5.74, 6) is 0.361. The first-order valence-electron chi connectivity index (χ1n) is 6.56. The highest BCUT2D eigenvalue weighted by Crippen LogP contribution is 2.25. The van der Waals surface area contributed by atoms with Crippen molar-refractivity contribution in [3.8, 4) is 11.8 Å². The zero-order chi connectivity index (χ0) is 15.2. The van der Waals surface area contributed by atoms with Crippen LogP contribution in [0.3, 0.4) is 0 Å². The van der Waals surface area contributed by atoms with Gasteiger partial charge in [-0.2, -0.15) is 5.26 Å². The van der Waals surface area contributed by atoms with Gasteiger partial charge in [-0.25, -0.2) is 0 Å². The second-order valence-corrected chi connectivity index (χ2v) is 4.68. The fraction of sp³-hybridized carbons (Fsp3) is 0.176. The Balaban J connectivity index is 2.13. The number of nitrogens with zero attached hydrogens (tertiary/aromatic N) is 1. The third-order valence-electron chi connectivity index (χ3n) is 3.22. The van der Waals surface area contributed by atoms with Crippen molar-refractivity contribution in [1.82, 2.24) is 0 Å². The predicted octanol–water partition coefficient (Wildman–Crippen LogP) is 3.06. The lowest BCUT2D eigenvalue weighted by molar-refractivity contribution is -0.115. The number of hydrogen-bond acceptors (Lipinski definition) is 3. The van der Waals surface area contributed by atoms with E-state index >= 15 is 0 Å². The molecule has 106 valence electrons. The number of nitrogens with one attached hydrogen (secondary N) is 1. The minimum Gasteiger partial charge on any atom is -0.495 e. The first-order valence-corrected chi connectivity index (χ1v) is 6.56. The van der Waals surface area contributed by atoms with Crippen molar-refractivity contribution in [2.75, 3.05) is 12.4 Å². The van der Waals surface area contributed by atoms with Gasteiger partial charge in [-0.3, -0.25) is 4.79 Å². The number of carbonyl (C=O) groups is 1. The number of benzene rings is 2. The van der Waals surface area contributed by atoms with E-state index in [2.05, 4.69) is 5.32 Å². The number of anilines is 1. The van der Waals surface area contributed by atoms with Gasteiger partial charge in [0.1, 0.15) is 5.75 Å². The molecule has 2 aromatic rings. The number of amides is 1. The lowest BCUT2D eigenvalue weighted by Crippen LogP contribution is -2.15. The molecule has 4 nitrogen and oxygen atoms in total. The molecule has 0 saturated heterocycles. The number of rotatable bonds is 4. The molecule has 0 saturated carbocycles. The predicted molar refractivity (Wildman–Crippen MR) is 81.2 cm³/mol. The summed E-state index contributed by atoms with van der Waals surface area (Å²) in [6, 6.07) is 14.7. The van der Waals surface area contributed by atoms with Crippen molar-refractivity contribution < 1.29 is 9.53 Å². The first-order chi connectivity index (χ1) is 10.1. The maximum atomic E-state index is 12.1. The summed E-state index contributed by atoms with van der Waals surface area (Å²) < 4.78 is 5.20. The lowest BCUT2D eigenvalue weighted by Gasteiger charge is -2.11. The van der Waals surface area contributed by atoms with Crippen molar-refractivity contribution in [1.29, 1.82) is 5.26 Å². The fourth-order valence-electron chi connectivity index (χ4n) is 2.04. The Morgan fingerprint density at radius 3 is 2.71 bits per heavy atom. The van der Waals surface area contributed by atoms with Gasteiger partial charge >= 0.3 is 0 Å². The van der Waals surface area contributed by atoms with Gasteiger partial charge in [0.05, 0.1) is 30.9 Å². The summed E-state index contributed by atoms with van der Waals surface area (Å²) in [4.78, 5) is 12.1. The van der Waals surface area contributed by atoms with Crippen LogP contribution >= 0.6 is 0 Å². The second-order valence-electron chi connectivity index (χ2n) is 4.68. The molecular weight excluding hydrogens is 264 g/mol. The molecule has 4 heteroatoms. The van der Waals surface area contributed by atoms with Crippen LogP contribution in [0, 0.1) is 18.3 Å². The molecule has 0 heterocycles. The highest BCUT2D eigenvalue weighted by molar-refractivity contribution is 5.94. The van der Waals surface area contributed by atoms with Crippen LogP contribution in [0.25, 0.3) is 0 Å². The van der Waals surface area contributed by atoms with Crippen LogP contribution in [0.5, 0.6) is 5.75 Å². The Kier molecular flexibility index (Phi) is 4.57. The zero-order valence-corrected chi connectivity index (χ0v) is 12.0. The summed E-state index contributed by atoms with van der Waals surface area (Å²) >= 11 is 0. The van der Waals surface area contributed by atoms with Crippen LogP contribution < -0.4 is 10.1 Å². The molecule has 0 aliphatic rings.